The van der Waals surface area contributed by atoms with Crippen LogP contribution >= 0.6 is 34.7 Å². The smallest absolute Gasteiger partial charge is 0.338 e. The van der Waals surface area contributed by atoms with Crippen molar-refractivity contribution < 1.29 is 33.4 Å². The van der Waals surface area contributed by atoms with E-state index in [1.165, 1.54) is 4.90 Å². The van der Waals surface area contributed by atoms with Crippen molar-refractivity contribution in [2.75, 3.05) is 30.5 Å². The summed E-state index contributed by atoms with van der Waals surface area (Å²) in [5.41, 5.74) is 2.06. The number of thiazole rings is 1. The van der Waals surface area contributed by atoms with Crippen LogP contribution in [0.2, 0.25) is 5.02 Å². The highest BCUT2D eigenvalue weighted by Gasteiger charge is 2.70. The van der Waals surface area contributed by atoms with E-state index in [-0.39, 0.29) is 64.7 Å². The number of ether oxygens (including phenoxy) is 3. The Hall–Kier alpha value is -4.59. The second-order valence-electron chi connectivity index (χ2n) is 13.0. The normalized spacial score (nSPS) is 25.6. The van der Waals surface area contributed by atoms with Crippen molar-refractivity contribution in [1.29, 1.82) is 0 Å². The van der Waals surface area contributed by atoms with Gasteiger partial charge in [-0.05, 0) is 97.8 Å². The monoisotopic (exact) mass is 745 g/mol. The number of hydrogen-bond acceptors (Lipinski definition) is 10. The topological polar surface area (TPSA) is 144 Å². The maximum Gasteiger partial charge on any atom is 0.338 e. The summed E-state index contributed by atoms with van der Waals surface area (Å²) >= 11 is 9.30. The number of anilines is 2. The third-order valence-corrected chi connectivity index (χ3v) is 13.2. The van der Waals surface area contributed by atoms with Gasteiger partial charge < -0.3 is 24.5 Å². The van der Waals surface area contributed by atoms with Gasteiger partial charge in [0, 0.05) is 32.3 Å². The average molecular weight is 746 g/mol. The van der Waals surface area contributed by atoms with Crippen molar-refractivity contribution in [2.45, 2.75) is 29.5 Å². The lowest BCUT2D eigenvalue weighted by Gasteiger charge is -2.43. The van der Waals surface area contributed by atoms with Crippen LogP contribution in [0.5, 0.6) is 11.5 Å². The fourth-order valence-electron chi connectivity index (χ4n) is 8.49. The van der Waals surface area contributed by atoms with E-state index in [2.05, 4.69) is 10.3 Å². The fourth-order valence-corrected chi connectivity index (χ4v) is 11.5. The van der Waals surface area contributed by atoms with Gasteiger partial charge in [0.1, 0.15) is 11.5 Å². The predicted octanol–water partition coefficient (Wildman–Crippen LogP) is 5.97. The van der Waals surface area contributed by atoms with Crippen LogP contribution in [-0.2, 0) is 19.1 Å². The van der Waals surface area contributed by atoms with Gasteiger partial charge in [-0.3, -0.25) is 24.1 Å². The number of carbonyl (C=O) groups is 4. The first-order chi connectivity index (χ1) is 24.7. The molecule has 51 heavy (non-hydrogen) atoms. The van der Waals surface area contributed by atoms with E-state index in [9.17, 15) is 24.0 Å². The molecule has 2 bridgehead atoms. The van der Waals surface area contributed by atoms with Gasteiger partial charge in [-0.1, -0.05) is 22.9 Å². The number of esters is 1. The Morgan fingerprint density at radius 3 is 2.41 bits per heavy atom. The van der Waals surface area contributed by atoms with Gasteiger partial charge in [0.05, 0.1) is 41.8 Å². The molecule has 2 aliphatic heterocycles. The molecule has 3 amide bonds. The molecule has 2 aliphatic carbocycles. The Kier molecular flexibility index (Phi) is 8.67. The van der Waals surface area contributed by atoms with Crippen LogP contribution in [-0.4, -0.2) is 54.2 Å². The quantitative estimate of drug-likeness (QED) is 0.156. The van der Waals surface area contributed by atoms with Crippen molar-refractivity contribution in [3.63, 3.8) is 0 Å². The number of hydrogen-bond donors (Lipinski definition) is 2. The van der Waals surface area contributed by atoms with Crippen molar-refractivity contribution in [1.82, 2.24) is 4.98 Å². The number of fused-ring (bicyclic) bond motifs is 9. The fraction of sp³-hybridized carbons (Fsp3) is 0.324. The van der Waals surface area contributed by atoms with Gasteiger partial charge in [-0.15, -0.1) is 11.8 Å². The zero-order chi connectivity index (χ0) is 35.6. The van der Waals surface area contributed by atoms with Crippen molar-refractivity contribution in [3.8, 4) is 11.5 Å². The molecule has 2 N–H and O–H groups in total. The summed E-state index contributed by atoms with van der Waals surface area (Å²) in [7, 11) is 1.57. The number of nitrogens with zero attached hydrogens (tertiary/aromatic N) is 1. The molecule has 7 atom stereocenters. The minimum atomic E-state index is -0.535. The lowest BCUT2D eigenvalue weighted by molar-refractivity contribution is -0.123. The van der Waals surface area contributed by atoms with Crippen LogP contribution in [0.15, 0.2) is 76.6 Å². The summed E-state index contributed by atoms with van der Waals surface area (Å²) in [4.78, 5) is 71.2. The Morgan fingerprint density at radius 2 is 1.71 bits per heavy atom. The standard InChI is InChI=1S/C37H32ClN3O8S2/c1-3-48-36(45)17-4-9-20(10-5-17)41-34(43)29-23-15-24(30(29)35(41)44)31-28(23)27(32-33(50-31)40-37(46)51-32)22-14-18(38)6-13-25(22)49-16-26(42)39-19-7-11-21(47-2)12-8-19/h4-14,23-24,27-31H,3,15-16H2,1-2H3,(H,39,42)(H,40,46)/t23-,24-,27-,28?,29?,30?,31?/m1/s1. The summed E-state index contributed by atoms with van der Waals surface area (Å²) in [6, 6.07) is 18.5. The van der Waals surface area contributed by atoms with E-state index in [0.717, 1.165) is 26.8 Å². The number of aromatic amines is 1. The number of imide groups is 1. The van der Waals surface area contributed by atoms with Gasteiger partial charge in [-0.25, -0.2) is 4.79 Å². The molecule has 262 valence electrons. The Bertz CT molecular complexity index is 2120. The number of benzene rings is 3. The zero-order valence-corrected chi connectivity index (χ0v) is 29.8. The molecule has 0 radical (unpaired) electrons. The number of thioether (sulfide) groups is 1. The van der Waals surface area contributed by atoms with E-state index in [4.69, 9.17) is 25.8 Å². The summed E-state index contributed by atoms with van der Waals surface area (Å²) in [6.45, 7) is 1.68. The molecule has 11 nitrogen and oxygen atoms in total. The predicted molar refractivity (Wildman–Crippen MR) is 192 cm³/mol. The van der Waals surface area contributed by atoms with Crippen LogP contribution in [0.1, 0.15) is 40.1 Å². The molecular weight excluding hydrogens is 714 g/mol. The van der Waals surface area contributed by atoms with Crippen molar-refractivity contribution in [2.24, 2.45) is 29.6 Å². The maximum atomic E-state index is 14.2. The minimum Gasteiger partial charge on any atom is -0.497 e. The zero-order valence-electron chi connectivity index (χ0n) is 27.4. The lowest BCUT2D eigenvalue weighted by atomic mass is 9.68. The Balaban J connectivity index is 1.10. The summed E-state index contributed by atoms with van der Waals surface area (Å²) in [5.74, 6) is -1.99. The second kappa shape index (κ2) is 13.2. The molecule has 14 heteroatoms. The lowest BCUT2D eigenvalue weighted by Crippen LogP contribution is -2.42. The Morgan fingerprint density at radius 1 is 0.980 bits per heavy atom. The highest BCUT2D eigenvalue weighted by molar-refractivity contribution is 8.00. The summed E-state index contributed by atoms with van der Waals surface area (Å²) in [6.07, 6.45) is 0.696. The summed E-state index contributed by atoms with van der Waals surface area (Å²) < 4.78 is 16.4. The first-order valence-corrected chi connectivity index (χ1v) is 18.6. The first-order valence-electron chi connectivity index (χ1n) is 16.6. The van der Waals surface area contributed by atoms with Crippen LogP contribution in [0.25, 0.3) is 0 Å². The van der Waals surface area contributed by atoms with Crippen LogP contribution in [0.4, 0.5) is 11.4 Å². The molecule has 8 rings (SSSR count). The van der Waals surface area contributed by atoms with Gasteiger partial charge in [-0.2, -0.15) is 0 Å². The number of aromatic nitrogens is 1. The van der Waals surface area contributed by atoms with Crippen molar-refractivity contribution in [3.05, 3.63) is 97.4 Å². The molecule has 3 heterocycles. The van der Waals surface area contributed by atoms with E-state index in [1.807, 2.05) is 6.07 Å². The van der Waals surface area contributed by atoms with Gasteiger partial charge in [0.15, 0.2) is 6.61 Å². The van der Waals surface area contributed by atoms with Gasteiger partial charge in [0.25, 0.3) is 5.91 Å². The van der Waals surface area contributed by atoms with E-state index < -0.39 is 17.8 Å². The van der Waals surface area contributed by atoms with Crippen LogP contribution < -0.4 is 24.6 Å². The number of rotatable bonds is 9. The highest BCUT2D eigenvalue weighted by atomic mass is 35.5. The number of H-pyrrole nitrogens is 1. The number of carbonyl (C=O) groups excluding carboxylic acids is 4. The van der Waals surface area contributed by atoms with E-state index in [1.54, 1.807) is 86.5 Å². The molecular formula is C37H32ClN3O8S2. The molecule has 1 saturated heterocycles. The van der Waals surface area contributed by atoms with E-state index >= 15 is 0 Å². The number of amides is 3. The summed E-state index contributed by atoms with van der Waals surface area (Å²) in [5, 5.41) is 3.97. The van der Waals surface area contributed by atoms with Crippen LogP contribution in [0, 0.1) is 29.6 Å². The maximum absolute atomic E-state index is 14.2. The number of halogens is 1. The molecule has 3 aromatic carbocycles. The third-order valence-electron chi connectivity index (χ3n) is 10.4. The largest absolute Gasteiger partial charge is 0.497 e. The van der Waals surface area contributed by atoms with Gasteiger partial charge in [0.2, 0.25) is 11.8 Å². The second-order valence-corrected chi connectivity index (χ2v) is 15.6. The first kappa shape index (κ1) is 33.5. The number of methoxy groups -OCH3 is 1. The molecule has 2 saturated carbocycles. The van der Waals surface area contributed by atoms with E-state index in [0.29, 0.717) is 39.9 Å². The molecule has 4 aromatic rings. The molecule has 3 fully saturated rings. The van der Waals surface area contributed by atoms with Crippen LogP contribution in [0.3, 0.4) is 0 Å². The molecule has 4 aliphatic rings. The minimum absolute atomic E-state index is 0.0629. The third kappa shape index (κ3) is 5.71. The van der Waals surface area contributed by atoms with Crippen molar-refractivity contribution >= 4 is 69.8 Å². The Labute approximate surface area is 305 Å². The molecule has 1 aromatic heterocycles. The molecule has 4 unspecified atom stereocenters. The highest BCUT2D eigenvalue weighted by Crippen LogP contribution is 2.69. The SMILES string of the molecule is CCOC(=O)c1ccc(N2C(=O)C3C(C2=O)[C@@H]2C[C@H]3C3Sc4[nH]c(=O)sc4[C@H](c4cc(Cl)ccc4OCC(=O)Nc4ccc(OC)cc4)C32)cc1. The number of nitrogens with one attached hydrogen (secondary N) is 2. The van der Waals surface area contributed by atoms with Gasteiger partial charge >= 0.3 is 10.8 Å². The molecule has 0 spiro atoms. The average Bonchev–Trinajstić information content (AvgIpc) is 3.87.